The first-order valence-corrected chi connectivity index (χ1v) is 8.49. The highest BCUT2D eigenvalue weighted by Gasteiger charge is 2.28. The molecule has 1 atom stereocenters. The first kappa shape index (κ1) is 14.8. The van der Waals surface area contributed by atoms with Crippen molar-refractivity contribution in [2.45, 2.75) is 26.3 Å². The van der Waals surface area contributed by atoms with Gasteiger partial charge in [0.15, 0.2) is 9.84 Å². The molecule has 0 bridgehead atoms. The second-order valence-corrected chi connectivity index (χ2v) is 6.96. The van der Waals surface area contributed by atoms with Crippen LogP contribution in [-0.2, 0) is 9.84 Å². The molecule has 1 fully saturated rings. The summed E-state index contributed by atoms with van der Waals surface area (Å²) in [6.45, 7) is 5.52. The number of rotatable bonds is 5. The maximum absolute atomic E-state index is 11.4. The van der Waals surface area contributed by atoms with Crippen LogP contribution in [0.5, 0.6) is 0 Å². The molecule has 0 amide bonds. The third-order valence-electron chi connectivity index (χ3n) is 3.25. The predicted molar refractivity (Wildman–Crippen MR) is 78.5 cm³/mol. The number of anilines is 3. The monoisotopic (exact) mass is 300 g/mol. The van der Waals surface area contributed by atoms with Crippen LogP contribution in [0.2, 0.25) is 0 Å². The van der Waals surface area contributed by atoms with Gasteiger partial charge in [-0.1, -0.05) is 0 Å². The number of hydrogen-bond donors (Lipinski definition) is 2. The van der Waals surface area contributed by atoms with Gasteiger partial charge in [0.1, 0.15) is 0 Å². The maximum atomic E-state index is 11.4. The second kappa shape index (κ2) is 5.78. The normalized spacial score (nSPS) is 20.8. The van der Waals surface area contributed by atoms with Gasteiger partial charge in [-0.25, -0.2) is 8.42 Å². The van der Waals surface area contributed by atoms with E-state index in [2.05, 4.69) is 20.3 Å². The molecule has 2 rings (SSSR count). The van der Waals surface area contributed by atoms with E-state index >= 15 is 0 Å². The molecular weight excluding hydrogens is 280 g/mol. The molecule has 9 heteroatoms. The molecule has 3 N–H and O–H groups in total. The summed E-state index contributed by atoms with van der Waals surface area (Å²) in [4.78, 5) is 14.4. The van der Waals surface area contributed by atoms with Crippen molar-refractivity contribution < 1.29 is 8.42 Å². The van der Waals surface area contributed by atoms with E-state index in [0.717, 1.165) is 13.1 Å². The number of hydrogen-bond acceptors (Lipinski definition) is 8. The fourth-order valence-electron chi connectivity index (χ4n) is 2.18. The smallest absolute Gasteiger partial charge is 0.231 e. The minimum absolute atomic E-state index is 0.110. The molecule has 0 spiro atoms. The Morgan fingerprint density at radius 1 is 1.30 bits per heavy atom. The lowest BCUT2D eigenvalue weighted by Gasteiger charge is -2.19. The van der Waals surface area contributed by atoms with Gasteiger partial charge < -0.3 is 16.0 Å². The highest BCUT2D eigenvalue weighted by Crippen LogP contribution is 2.17. The molecule has 1 unspecified atom stereocenters. The minimum Gasteiger partial charge on any atom is -0.368 e. The molecule has 8 nitrogen and oxygen atoms in total. The summed E-state index contributed by atoms with van der Waals surface area (Å²) >= 11 is 0. The van der Waals surface area contributed by atoms with Crippen molar-refractivity contribution in [3.05, 3.63) is 0 Å². The van der Waals surface area contributed by atoms with Crippen LogP contribution in [0.25, 0.3) is 0 Å². The van der Waals surface area contributed by atoms with Gasteiger partial charge >= 0.3 is 0 Å². The molecule has 0 radical (unpaired) electrons. The Hall–Kier alpha value is -1.64. The molecular formula is C11H20N6O2S. The predicted octanol–water partition coefficient (Wildman–Crippen LogP) is -0.101. The fourth-order valence-corrected chi connectivity index (χ4v) is 3.86. The van der Waals surface area contributed by atoms with E-state index in [9.17, 15) is 8.42 Å². The van der Waals surface area contributed by atoms with Crippen LogP contribution in [0, 0.1) is 0 Å². The molecule has 0 saturated carbocycles. The van der Waals surface area contributed by atoms with Crippen molar-refractivity contribution in [1.82, 2.24) is 15.0 Å². The van der Waals surface area contributed by atoms with E-state index in [1.165, 1.54) is 0 Å². The molecule has 0 aliphatic carbocycles. The van der Waals surface area contributed by atoms with Crippen LogP contribution in [0.1, 0.15) is 20.3 Å². The molecule has 0 aromatic carbocycles. The molecule has 1 saturated heterocycles. The summed E-state index contributed by atoms with van der Waals surface area (Å²) in [6.07, 6.45) is 0.564. The zero-order valence-corrected chi connectivity index (χ0v) is 12.5. The lowest BCUT2D eigenvalue weighted by atomic mass is 10.3. The third kappa shape index (κ3) is 3.47. The van der Waals surface area contributed by atoms with Crippen LogP contribution in [0.3, 0.4) is 0 Å². The average molecular weight is 300 g/mol. The van der Waals surface area contributed by atoms with Crippen molar-refractivity contribution in [3.63, 3.8) is 0 Å². The largest absolute Gasteiger partial charge is 0.368 e. The van der Waals surface area contributed by atoms with Crippen molar-refractivity contribution in [1.29, 1.82) is 0 Å². The van der Waals surface area contributed by atoms with Gasteiger partial charge in [-0.05, 0) is 20.3 Å². The van der Waals surface area contributed by atoms with Crippen LogP contribution in [-0.4, -0.2) is 54.0 Å². The Balaban J connectivity index is 2.16. The Kier molecular flexibility index (Phi) is 4.26. The Morgan fingerprint density at radius 2 is 2.00 bits per heavy atom. The van der Waals surface area contributed by atoms with E-state index in [0.29, 0.717) is 18.3 Å². The summed E-state index contributed by atoms with van der Waals surface area (Å²) < 4.78 is 22.9. The average Bonchev–Trinajstić information content (AvgIpc) is 2.69. The number of nitrogen functional groups attached to an aromatic ring is 1. The standard InChI is InChI=1S/C11H20N6O2S/c1-3-17(4-2)11-15-9(12)14-10(16-11)13-8-5-6-20(18,19)7-8/h8H,3-7H2,1-2H3,(H3,12,13,14,15,16). The first-order chi connectivity index (χ1) is 9.43. The molecule has 1 aromatic rings. The first-order valence-electron chi connectivity index (χ1n) is 6.67. The van der Waals surface area contributed by atoms with Gasteiger partial charge in [-0.3, -0.25) is 0 Å². The number of nitrogens with zero attached hydrogens (tertiary/aromatic N) is 4. The fraction of sp³-hybridized carbons (Fsp3) is 0.727. The van der Waals surface area contributed by atoms with Crippen LogP contribution >= 0.6 is 0 Å². The van der Waals surface area contributed by atoms with Crippen LogP contribution < -0.4 is 16.0 Å². The molecule has 1 aromatic heterocycles. The highest BCUT2D eigenvalue weighted by atomic mass is 32.2. The summed E-state index contributed by atoms with van der Waals surface area (Å²) in [6, 6.07) is -0.161. The van der Waals surface area contributed by atoms with Gasteiger partial charge in [0, 0.05) is 19.1 Å². The summed E-state index contributed by atoms with van der Waals surface area (Å²) in [5.74, 6) is 1.28. The zero-order chi connectivity index (χ0) is 14.8. The van der Waals surface area contributed by atoms with Crippen molar-refractivity contribution in [3.8, 4) is 0 Å². The molecule has 1 aliphatic rings. The maximum Gasteiger partial charge on any atom is 0.231 e. The lowest BCUT2D eigenvalue weighted by Crippen LogP contribution is -2.27. The zero-order valence-electron chi connectivity index (χ0n) is 11.7. The quantitative estimate of drug-likeness (QED) is 0.774. The topological polar surface area (TPSA) is 114 Å². The van der Waals surface area contributed by atoms with E-state index < -0.39 is 9.84 Å². The van der Waals surface area contributed by atoms with Crippen LogP contribution in [0.15, 0.2) is 0 Å². The Morgan fingerprint density at radius 3 is 2.55 bits per heavy atom. The van der Waals surface area contributed by atoms with E-state index in [4.69, 9.17) is 5.73 Å². The van der Waals surface area contributed by atoms with Gasteiger partial charge in [0.25, 0.3) is 0 Å². The molecule has 1 aliphatic heterocycles. The summed E-state index contributed by atoms with van der Waals surface area (Å²) in [5.41, 5.74) is 5.69. The molecule has 20 heavy (non-hydrogen) atoms. The minimum atomic E-state index is -2.94. The number of aromatic nitrogens is 3. The summed E-state index contributed by atoms with van der Waals surface area (Å²) in [5, 5.41) is 3.03. The van der Waals surface area contributed by atoms with Gasteiger partial charge in [0.05, 0.1) is 11.5 Å². The van der Waals surface area contributed by atoms with Gasteiger partial charge in [0.2, 0.25) is 17.8 Å². The highest BCUT2D eigenvalue weighted by molar-refractivity contribution is 7.91. The van der Waals surface area contributed by atoms with Gasteiger partial charge in [-0.15, -0.1) is 0 Å². The SMILES string of the molecule is CCN(CC)c1nc(N)nc(NC2CCS(=O)(=O)C2)n1. The number of nitrogens with one attached hydrogen (secondary N) is 1. The number of sulfone groups is 1. The third-order valence-corrected chi connectivity index (χ3v) is 5.02. The molecule has 112 valence electrons. The molecule has 2 heterocycles. The van der Waals surface area contributed by atoms with Gasteiger partial charge in [-0.2, -0.15) is 15.0 Å². The summed E-state index contributed by atoms with van der Waals surface area (Å²) in [7, 11) is -2.94. The van der Waals surface area contributed by atoms with Crippen molar-refractivity contribution in [2.75, 3.05) is 40.5 Å². The lowest BCUT2D eigenvalue weighted by molar-refractivity contribution is 0.602. The second-order valence-electron chi connectivity index (χ2n) is 4.73. The van der Waals surface area contributed by atoms with E-state index in [-0.39, 0.29) is 23.5 Å². The van der Waals surface area contributed by atoms with E-state index in [1.807, 2.05) is 18.7 Å². The Labute approximate surface area is 118 Å². The number of nitrogens with two attached hydrogens (primary N) is 1. The van der Waals surface area contributed by atoms with Crippen molar-refractivity contribution >= 4 is 27.7 Å². The van der Waals surface area contributed by atoms with E-state index in [1.54, 1.807) is 0 Å². The Bertz CT molecular complexity index is 572. The van der Waals surface area contributed by atoms with Crippen LogP contribution in [0.4, 0.5) is 17.8 Å². The van der Waals surface area contributed by atoms with Crippen molar-refractivity contribution in [2.24, 2.45) is 0 Å².